The first-order chi connectivity index (χ1) is 8.03. The van der Waals surface area contributed by atoms with Gasteiger partial charge >= 0.3 is 0 Å². The molecule has 1 saturated heterocycles. The number of nitriles is 1. The van der Waals surface area contributed by atoms with Gasteiger partial charge in [-0.15, -0.1) is 0 Å². The summed E-state index contributed by atoms with van der Waals surface area (Å²) < 4.78 is 12.9. The Morgan fingerprint density at radius 1 is 1.35 bits per heavy atom. The van der Waals surface area contributed by atoms with Gasteiger partial charge in [0.25, 0.3) is 0 Å². The van der Waals surface area contributed by atoms with Crippen molar-refractivity contribution in [2.45, 2.75) is 32.2 Å². The average Bonchev–Trinajstić information content (AvgIpc) is 2.30. The second-order valence-corrected chi connectivity index (χ2v) is 5.26. The molecule has 1 unspecified atom stereocenters. The minimum absolute atomic E-state index is 0.0329. The van der Waals surface area contributed by atoms with Gasteiger partial charge in [0.05, 0.1) is 12.0 Å². The lowest BCUT2D eigenvalue weighted by atomic mass is 9.85. The molecule has 0 saturated carbocycles. The fraction of sp³-hybridized carbons (Fsp3) is 0.500. The molecule has 2 rings (SSSR count). The summed E-state index contributed by atoms with van der Waals surface area (Å²) in [5.41, 5.74) is 1.03. The van der Waals surface area contributed by atoms with Crippen LogP contribution < -0.4 is 4.90 Å². The van der Waals surface area contributed by atoms with Gasteiger partial charge in [0.15, 0.2) is 0 Å². The molecule has 1 heterocycles. The molecular formula is C14H17FN2. The molecule has 1 fully saturated rings. The molecule has 1 aliphatic rings. The molecule has 0 bridgehead atoms. The molecule has 17 heavy (non-hydrogen) atoms. The molecule has 0 aliphatic carbocycles. The van der Waals surface area contributed by atoms with Crippen molar-refractivity contribution in [3.8, 4) is 6.07 Å². The van der Waals surface area contributed by atoms with Crippen molar-refractivity contribution < 1.29 is 4.39 Å². The van der Waals surface area contributed by atoms with Crippen molar-refractivity contribution in [2.75, 3.05) is 11.4 Å². The normalized spacial score (nSPS) is 23.2. The minimum Gasteiger partial charge on any atom is -0.365 e. The van der Waals surface area contributed by atoms with Gasteiger partial charge in [0, 0.05) is 17.8 Å². The third-order valence-electron chi connectivity index (χ3n) is 3.56. The van der Waals surface area contributed by atoms with Crippen LogP contribution >= 0.6 is 0 Å². The summed E-state index contributed by atoms with van der Waals surface area (Å²) in [7, 11) is 0. The molecule has 1 aromatic rings. The highest BCUT2D eigenvalue weighted by Gasteiger charge is 2.34. The van der Waals surface area contributed by atoms with E-state index in [0.717, 1.165) is 25.1 Å². The number of nitrogens with zero attached hydrogens (tertiary/aromatic N) is 2. The number of rotatable bonds is 1. The molecule has 0 amide bonds. The molecule has 1 aliphatic heterocycles. The van der Waals surface area contributed by atoms with E-state index in [2.05, 4.69) is 24.8 Å². The van der Waals surface area contributed by atoms with E-state index in [1.165, 1.54) is 12.1 Å². The maximum absolute atomic E-state index is 12.9. The van der Waals surface area contributed by atoms with Gasteiger partial charge in [-0.3, -0.25) is 0 Å². The minimum atomic E-state index is -0.222. The van der Waals surface area contributed by atoms with E-state index in [1.807, 2.05) is 0 Å². The predicted octanol–water partition coefficient (Wildman–Crippen LogP) is 3.34. The van der Waals surface area contributed by atoms with Gasteiger partial charge in [-0.1, -0.05) is 0 Å². The van der Waals surface area contributed by atoms with Crippen molar-refractivity contribution in [3.63, 3.8) is 0 Å². The average molecular weight is 232 g/mol. The number of benzene rings is 1. The summed E-state index contributed by atoms with van der Waals surface area (Å²) in [6, 6.07) is 8.86. The summed E-state index contributed by atoms with van der Waals surface area (Å²) in [5, 5.41) is 9.03. The Bertz CT molecular complexity index is 431. The second-order valence-electron chi connectivity index (χ2n) is 5.26. The Kier molecular flexibility index (Phi) is 3.06. The molecule has 90 valence electrons. The van der Waals surface area contributed by atoms with Gasteiger partial charge in [-0.25, -0.2) is 4.39 Å². The molecule has 0 spiro atoms. The second kappa shape index (κ2) is 4.37. The van der Waals surface area contributed by atoms with E-state index in [0.29, 0.717) is 0 Å². The third-order valence-corrected chi connectivity index (χ3v) is 3.56. The third kappa shape index (κ3) is 2.41. The van der Waals surface area contributed by atoms with E-state index in [9.17, 15) is 4.39 Å². The van der Waals surface area contributed by atoms with Gasteiger partial charge in [0.1, 0.15) is 5.82 Å². The Hall–Kier alpha value is -1.56. The molecule has 1 atom stereocenters. The first-order valence-electron chi connectivity index (χ1n) is 5.96. The van der Waals surface area contributed by atoms with Crippen molar-refractivity contribution in [2.24, 2.45) is 5.92 Å². The van der Waals surface area contributed by atoms with Crippen LogP contribution in [0.2, 0.25) is 0 Å². The van der Waals surface area contributed by atoms with Gasteiger partial charge in [-0.2, -0.15) is 5.26 Å². The van der Waals surface area contributed by atoms with Crippen LogP contribution in [0.1, 0.15) is 26.7 Å². The zero-order chi connectivity index (χ0) is 12.5. The number of hydrogen-bond acceptors (Lipinski definition) is 2. The quantitative estimate of drug-likeness (QED) is 0.742. The largest absolute Gasteiger partial charge is 0.365 e. The number of piperidine rings is 1. The summed E-state index contributed by atoms with van der Waals surface area (Å²) in [4.78, 5) is 2.21. The van der Waals surface area contributed by atoms with E-state index >= 15 is 0 Å². The van der Waals surface area contributed by atoms with Crippen LogP contribution in [0, 0.1) is 23.1 Å². The topological polar surface area (TPSA) is 27.0 Å². The lowest BCUT2D eigenvalue weighted by Gasteiger charge is -2.45. The Morgan fingerprint density at radius 3 is 2.59 bits per heavy atom. The predicted molar refractivity (Wildman–Crippen MR) is 66.2 cm³/mol. The van der Waals surface area contributed by atoms with Crippen LogP contribution in [0.4, 0.5) is 10.1 Å². The van der Waals surface area contributed by atoms with Gasteiger partial charge in [0.2, 0.25) is 0 Å². The van der Waals surface area contributed by atoms with Crippen molar-refractivity contribution in [3.05, 3.63) is 30.1 Å². The van der Waals surface area contributed by atoms with Gasteiger partial charge in [-0.05, 0) is 51.0 Å². The van der Waals surface area contributed by atoms with Crippen LogP contribution in [0.25, 0.3) is 0 Å². The molecular weight excluding hydrogens is 215 g/mol. The zero-order valence-corrected chi connectivity index (χ0v) is 10.3. The first-order valence-corrected chi connectivity index (χ1v) is 5.96. The fourth-order valence-electron chi connectivity index (χ4n) is 2.40. The molecule has 0 aromatic heterocycles. The summed E-state index contributed by atoms with van der Waals surface area (Å²) in [6.07, 6.45) is 1.93. The van der Waals surface area contributed by atoms with Crippen molar-refractivity contribution >= 4 is 5.69 Å². The summed E-state index contributed by atoms with van der Waals surface area (Å²) in [6.45, 7) is 5.07. The molecule has 0 N–H and O–H groups in total. The summed E-state index contributed by atoms with van der Waals surface area (Å²) >= 11 is 0. The highest BCUT2D eigenvalue weighted by molar-refractivity contribution is 5.49. The maximum Gasteiger partial charge on any atom is 0.123 e. The lowest BCUT2D eigenvalue weighted by Crippen LogP contribution is -2.50. The maximum atomic E-state index is 12.9. The van der Waals surface area contributed by atoms with E-state index in [-0.39, 0.29) is 17.3 Å². The highest BCUT2D eigenvalue weighted by atomic mass is 19.1. The van der Waals surface area contributed by atoms with Crippen LogP contribution in [0.5, 0.6) is 0 Å². The Morgan fingerprint density at radius 2 is 2.00 bits per heavy atom. The number of halogens is 1. The smallest absolute Gasteiger partial charge is 0.123 e. The van der Waals surface area contributed by atoms with E-state index in [4.69, 9.17) is 5.26 Å². The SMILES string of the molecule is CC1(C)CCC(C#N)CN1c1ccc(F)cc1. The first kappa shape index (κ1) is 11.9. The molecule has 2 nitrogen and oxygen atoms in total. The number of anilines is 1. The standard InChI is InChI=1S/C14H17FN2/c1-14(2)8-7-11(9-16)10-17(14)13-5-3-12(15)4-6-13/h3-6,11H,7-8,10H2,1-2H3. The fourth-order valence-corrected chi connectivity index (χ4v) is 2.40. The van der Waals surface area contributed by atoms with Crippen molar-refractivity contribution in [1.29, 1.82) is 5.26 Å². The Balaban J connectivity index is 2.27. The van der Waals surface area contributed by atoms with Crippen LogP contribution in [-0.4, -0.2) is 12.1 Å². The van der Waals surface area contributed by atoms with Crippen molar-refractivity contribution in [1.82, 2.24) is 0 Å². The van der Waals surface area contributed by atoms with E-state index in [1.54, 1.807) is 12.1 Å². The monoisotopic (exact) mass is 232 g/mol. The molecule has 0 radical (unpaired) electrons. The zero-order valence-electron chi connectivity index (χ0n) is 10.3. The van der Waals surface area contributed by atoms with Crippen LogP contribution in [0.15, 0.2) is 24.3 Å². The molecule has 3 heteroatoms. The lowest BCUT2D eigenvalue weighted by molar-refractivity contribution is 0.325. The number of hydrogen-bond donors (Lipinski definition) is 0. The van der Waals surface area contributed by atoms with Crippen LogP contribution in [0.3, 0.4) is 0 Å². The highest BCUT2D eigenvalue weighted by Crippen LogP contribution is 2.34. The van der Waals surface area contributed by atoms with E-state index < -0.39 is 0 Å². The van der Waals surface area contributed by atoms with Gasteiger partial charge < -0.3 is 4.90 Å². The Labute approximate surface area is 102 Å². The summed E-state index contributed by atoms with van der Waals surface area (Å²) in [5.74, 6) is -0.145. The molecule has 1 aromatic carbocycles. The van der Waals surface area contributed by atoms with Crippen LogP contribution in [-0.2, 0) is 0 Å².